The molecule has 0 aromatic heterocycles. The number of Topliss-reactive ketones (excluding diaryl/α,β-unsaturated/α-hetero) is 1. The predicted molar refractivity (Wildman–Crippen MR) is 150 cm³/mol. The monoisotopic (exact) mass is 629 g/mol. The number of benzene rings is 2. The van der Waals surface area contributed by atoms with E-state index in [4.69, 9.17) is 9.47 Å². The van der Waals surface area contributed by atoms with Crippen LogP contribution in [0.3, 0.4) is 0 Å². The van der Waals surface area contributed by atoms with Gasteiger partial charge in [-0.3, -0.25) is 9.59 Å². The molecule has 2 aliphatic carbocycles. The Balaban J connectivity index is 1.60. The van der Waals surface area contributed by atoms with Crippen LogP contribution < -0.4 is 14.8 Å². The van der Waals surface area contributed by atoms with Crippen LogP contribution >= 0.6 is 31.9 Å². The van der Waals surface area contributed by atoms with Gasteiger partial charge in [-0.25, -0.2) is 0 Å². The van der Waals surface area contributed by atoms with Gasteiger partial charge >= 0.3 is 0 Å². The highest BCUT2D eigenvalue weighted by molar-refractivity contribution is 9.10. The van der Waals surface area contributed by atoms with Crippen molar-refractivity contribution in [1.29, 1.82) is 0 Å². The number of methoxy groups -OCH3 is 1. The first kappa shape index (κ1) is 25.4. The number of rotatable bonds is 2. The van der Waals surface area contributed by atoms with E-state index in [1.807, 2.05) is 30.3 Å². The first-order valence-corrected chi connectivity index (χ1v) is 14.8. The highest BCUT2D eigenvalue weighted by Crippen LogP contribution is 2.67. The van der Waals surface area contributed by atoms with Crippen LogP contribution in [0.2, 0.25) is 0 Å². The topological polar surface area (TPSA) is 64.6 Å². The molecular formula is C30H33Br2NO4. The molecule has 1 unspecified atom stereocenters. The van der Waals surface area contributed by atoms with Crippen molar-refractivity contribution < 1.29 is 19.1 Å². The Labute approximate surface area is 235 Å². The standard InChI is InChI=1S/C30H33Br2NO4/c1-15-10-11-22-28(2,3)26(34)20(32)14-30(22)29(15,4)13-18-19(31)12-17-23(25(18)37-30)24(33-27(17)35)16-8-6-7-9-21(16)36-5/h6-9,12,15,20,22,24H,10-11,13-14H2,1-5H3,(H,33,35)/t15-,20+,22-,24?,29+,30-/m0/s1. The molecule has 1 spiro atoms. The van der Waals surface area contributed by atoms with Gasteiger partial charge < -0.3 is 14.8 Å². The van der Waals surface area contributed by atoms with Crippen molar-refractivity contribution in [2.45, 2.75) is 69.8 Å². The summed E-state index contributed by atoms with van der Waals surface area (Å²) < 4.78 is 14.0. The molecule has 2 saturated carbocycles. The van der Waals surface area contributed by atoms with Crippen molar-refractivity contribution in [3.8, 4) is 11.5 Å². The van der Waals surface area contributed by atoms with E-state index in [2.05, 4.69) is 64.9 Å². The lowest BCUT2D eigenvalue weighted by atomic mass is 9.44. The number of ether oxygens (including phenoxy) is 2. The quantitative estimate of drug-likeness (QED) is 0.372. The van der Waals surface area contributed by atoms with Gasteiger partial charge in [0, 0.05) is 49.9 Å². The van der Waals surface area contributed by atoms with Gasteiger partial charge in [-0.05, 0) is 37.3 Å². The summed E-state index contributed by atoms with van der Waals surface area (Å²) in [5, 5.41) is 3.20. The minimum absolute atomic E-state index is 0.0834. The molecule has 2 heterocycles. The lowest BCUT2D eigenvalue weighted by molar-refractivity contribution is -0.207. The van der Waals surface area contributed by atoms with E-state index in [1.165, 1.54) is 0 Å². The second-order valence-electron chi connectivity index (χ2n) is 12.2. The molecule has 1 amide bonds. The number of para-hydroxylation sites is 1. The summed E-state index contributed by atoms with van der Waals surface area (Å²) in [6.07, 6.45) is 3.47. The molecule has 0 bridgehead atoms. The number of nitrogens with one attached hydrogen (secondary N) is 1. The first-order chi connectivity index (χ1) is 17.5. The molecule has 2 aromatic carbocycles. The summed E-state index contributed by atoms with van der Waals surface area (Å²) in [4.78, 5) is 26.4. The summed E-state index contributed by atoms with van der Waals surface area (Å²) in [6, 6.07) is 9.40. The molecule has 2 aliphatic heterocycles. The van der Waals surface area contributed by atoms with E-state index in [0.29, 0.717) is 17.9 Å². The van der Waals surface area contributed by atoms with Gasteiger partial charge in [-0.15, -0.1) is 0 Å². The maximum Gasteiger partial charge on any atom is 0.252 e. The zero-order valence-corrected chi connectivity index (χ0v) is 25.1. The molecule has 7 heteroatoms. The third-order valence-electron chi connectivity index (χ3n) is 10.2. The van der Waals surface area contributed by atoms with Crippen molar-refractivity contribution in [3.63, 3.8) is 0 Å². The van der Waals surface area contributed by atoms with Gasteiger partial charge in [0.25, 0.3) is 5.91 Å². The van der Waals surface area contributed by atoms with Crippen molar-refractivity contribution in [3.05, 3.63) is 57.1 Å². The fourth-order valence-electron chi connectivity index (χ4n) is 8.00. The first-order valence-electron chi connectivity index (χ1n) is 13.1. The largest absolute Gasteiger partial charge is 0.496 e. The number of hydrogen-bond donors (Lipinski definition) is 1. The molecule has 37 heavy (non-hydrogen) atoms. The summed E-state index contributed by atoms with van der Waals surface area (Å²) in [5.41, 5.74) is 2.30. The van der Waals surface area contributed by atoms with E-state index >= 15 is 0 Å². The molecule has 6 rings (SSSR count). The lowest BCUT2D eigenvalue weighted by Gasteiger charge is -2.66. The number of ketones is 1. The summed E-state index contributed by atoms with van der Waals surface area (Å²) >= 11 is 7.57. The fraction of sp³-hybridized carbons (Fsp3) is 0.533. The van der Waals surface area contributed by atoms with Gasteiger partial charge in [-0.1, -0.05) is 77.8 Å². The fourth-order valence-corrected chi connectivity index (χ4v) is 9.62. The van der Waals surface area contributed by atoms with E-state index in [1.54, 1.807) is 7.11 Å². The Hall–Kier alpha value is -1.86. The molecule has 4 aliphatic rings. The molecule has 0 saturated heterocycles. The van der Waals surface area contributed by atoms with Crippen molar-refractivity contribution >= 4 is 43.6 Å². The number of amides is 1. The van der Waals surface area contributed by atoms with Crippen LogP contribution in [0.25, 0.3) is 0 Å². The number of carbonyl (C=O) groups excluding carboxylic acids is 2. The Kier molecular flexibility index (Phi) is 5.71. The lowest BCUT2D eigenvalue weighted by Crippen LogP contribution is -2.71. The SMILES string of the molecule is COc1ccccc1C1NC(=O)c2cc(Br)c3c(c21)O[C@@]12C[C@@H](Br)C(=O)C(C)(C)[C@@H]1CC[C@H](C)[C@@]2(C)C3. The molecule has 2 aromatic rings. The van der Waals surface area contributed by atoms with Crippen LogP contribution in [0.15, 0.2) is 34.8 Å². The van der Waals surface area contributed by atoms with Crippen LogP contribution in [0.5, 0.6) is 11.5 Å². The maximum atomic E-state index is 13.4. The zero-order chi connectivity index (χ0) is 26.5. The molecular weight excluding hydrogens is 598 g/mol. The Bertz CT molecular complexity index is 1340. The van der Waals surface area contributed by atoms with Crippen molar-refractivity contribution in [1.82, 2.24) is 5.32 Å². The van der Waals surface area contributed by atoms with Crippen LogP contribution in [-0.4, -0.2) is 29.2 Å². The van der Waals surface area contributed by atoms with Gasteiger partial charge in [0.05, 0.1) is 18.0 Å². The summed E-state index contributed by atoms with van der Waals surface area (Å²) in [7, 11) is 1.65. The zero-order valence-electron chi connectivity index (χ0n) is 21.9. The van der Waals surface area contributed by atoms with Crippen LogP contribution in [0, 0.1) is 22.7 Å². The van der Waals surface area contributed by atoms with E-state index in [-0.39, 0.29) is 33.9 Å². The maximum absolute atomic E-state index is 13.4. The smallest absolute Gasteiger partial charge is 0.252 e. The minimum atomic E-state index is -0.533. The number of halogens is 2. The molecule has 6 atom stereocenters. The Morgan fingerprint density at radius 3 is 2.59 bits per heavy atom. The number of alkyl halides is 1. The molecule has 5 nitrogen and oxygen atoms in total. The number of hydrogen-bond acceptors (Lipinski definition) is 4. The summed E-state index contributed by atoms with van der Waals surface area (Å²) in [6.45, 7) is 8.89. The third-order valence-corrected chi connectivity index (χ3v) is 11.7. The van der Waals surface area contributed by atoms with E-state index in [9.17, 15) is 9.59 Å². The van der Waals surface area contributed by atoms with Gasteiger partial charge in [0.2, 0.25) is 0 Å². The van der Waals surface area contributed by atoms with Gasteiger partial charge in [0.15, 0.2) is 5.78 Å². The van der Waals surface area contributed by atoms with Crippen molar-refractivity contribution in [2.24, 2.45) is 22.7 Å². The van der Waals surface area contributed by atoms with Crippen molar-refractivity contribution in [2.75, 3.05) is 7.11 Å². The molecule has 2 fully saturated rings. The van der Waals surface area contributed by atoms with Crippen LogP contribution in [-0.2, 0) is 11.2 Å². The number of fused-ring (bicyclic) bond motifs is 3. The third kappa shape index (κ3) is 3.25. The van der Waals surface area contributed by atoms with Gasteiger partial charge in [0.1, 0.15) is 17.1 Å². The Morgan fingerprint density at radius 1 is 1.14 bits per heavy atom. The average Bonchev–Trinajstić information content (AvgIpc) is 3.19. The Morgan fingerprint density at radius 2 is 1.86 bits per heavy atom. The van der Waals surface area contributed by atoms with E-state index in [0.717, 1.165) is 51.9 Å². The highest BCUT2D eigenvalue weighted by atomic mass is 79.9. The average molecular weight is 631 g/mol. The highest BCUT2D eigenvalue weighted by Gasteiger charge is 2.69. The molecule has 0 radical (unpaired) electrons. The van der Waals surface area contributed by atoms with Gasteiger partial charge in [-0.2, -0.15) is 0 Å². The summed E-state index contributed by atoms with van der Waals surface area (Å²) in [5.74, 6) is 2.17. The minimum Gasteiger partial charge on any atom is -0.496 e. The molecule has 196 valence electrons. The number of carbonyl (C=O) groups is 2. The van der Waals surface area contributed by atoms with E-state index < -0.39 is 11.0 Å². The second kappa shape index (κ2) is 8.32. The second-order valence-corrected chi connectivity index (χ2v) is 14.1. The van der Waals surface area contributed by atoms with Crippen LogP contribution in [0.4, 0.5) is 0 Å². The normalized spacial score (nSPS) is 35.4. The van der Waals surface area contributed by atoms with Crippen LogP contribution in [0.1, 0.15) is 80.0 Å². The predicted octanol–water partition coefficient (Wildman–Crippen LogP) is 6.78. The molecule has 1 N–H and O–H groups in total.